The van der Waals surface area contributed by atoms with Crippen molar-refractivity contribution in [3.05, 3.63) is 200 Å². The Morgan fingerprint density at radius 2 is 0.857 bits per heavy atom. The van der Waals surface area contributed by atoms with Crippen LogP contribution in [0.3, 0.4) is 0 Å². The maximum atomic E-state index is 5.08. The predicted molar refractivity (Wildman–Crippen MR) is 230 cm³/mol. The standard InChI is InChI=1S/C51H33N5/c1-4-17-34(18-5-1)49-52-50(35-19-6-2-7-20-35)54-51(53-49)36-21-16-24-38(33-36)55-44-28-13-10-25-39(44)41-31-32-42-40-26-11-14-29-45(40)56(37-22-8-3-9-23-37)48(42)47(41)43-27-12-15-30-46(43)55/h1-33H. The van der Waals surface area contributed by atoms with Crippen molar-refractivity contribution in [1.82, 2.24) is 19.5 Å². The van der Waals surface area contributed by atoms with Crippen LogP contribution in [0.4, 0.5) is 17.1 Å². The molecule has 3 heterocycles. The van der Waals surface area contributed by atoms with Crippen LogP contribution in [0.25, 0.3) is 83.9 Å². The van der Waals surface area contributed by atoms with Crippen LogP contribution in [0, 0.1) is 0 Å². The molecule has 262 valence electrons. The predicted octanol–water partition coefficient (Wildman–Crippen LogP) is 13.1. The van der Waals surface area contributed by atoms with Crippen molar-refractivity contribution in [2.45, 2.75) is 0 Å². The first kappa shape index (κ1) is 31.9. The van der Waals surface area contributed by atoms with Crippen molar-refractivity contribution in [2.24, 2.45) is 0 Å². The molecule has 0 unspecified atom stereocenters. The van der Waals surface area contributed by atoms with Gasteiger partial charge >= 0.3 is 0 Å². The van der Waals surface area contributed by atoms with Gasteiger partial charge in [0.05, 0.1) is 22.4 Å². The molecule has 0 spiro atoms. The van der Waals surface area contributed by atoms with E-state index < -0.39 is 0 Å². The summed E-state index contributed by atoms with van der Waals surface area (Å²) in [6, 6.07) is 70.5. The fourth-order valence-electron chi connectivity index (χ4n) is 8.31. The number of hydrogen-bond donors (Lipinski definition) is 0. The van der Waals surface area contributed by atoms with Crippen LogP contribution in [-0.2, 0) is 0 Å². The van der Waals surface area contributed by atoms with Gasteiger partial charge in [-0.05, 0) is 48.0 Å². The van der Waals surface area contributed by atoms with Crippen molar-refractivity contribution in [3.8, 4) is 62.1 Å². The van der Waals surface area contributed by atoms with Crippen LogP contribution >= 0.6 is 0 Å². The summed E-state index contributed by atoms with van der Waals surface area (Å²) >= 11 is 0. The van der Waals surface area contributed by atoms with E-state index in [0.717, 1.165) is 50.6 Å². The Bertz CT molecular complexity index is 3020. The van der Waals surface area contributed by atoms with Crippen molar-refractivity contribution in [1.29, 1.82) is 0 Å². The van der Waals surface area contributed by atoms with E-state index in [1.165, 1.54) is 32.9 Å². The number of rotatable bonds is 5. The van der Waals surface area contributed by atoms with Gasteiger partial charge in [-0.1, -0.05) is 158 Å². The molecule has 0 N–H and O–H groups in total. The molecule has 0 radical (unpaired) electrons. The molecule has 8 aromatic carbocycles. The zero-order valence-corrected chi connectivity index (χ0v) is 30.3. The van der Waals surface area contributed by atoms with E-state index in [1.54, 1.807) is 0 Å². The zero-order chi connectivity index (χ0) is 37.0. The van der Waals surface area contributed by atoms with Crippen molar-refractivity contribution < 1.29 is 0 Å². The summed E-state index contributed by atoms with van der Waals surface area (Å²) in [6.45, 7) is 0. The Balaban J connectivity index is 1.16. The minimum Gasteiger partial charge on any atom is -0.309 e. The third kappa shape index (κ3) is 5.13. The number of fused-ring (bicyclic) bond motifs is 9. The molecule has 0 saturated heterocycles. The van der Waals surface area contributed by atoms with Gasteiger partial charge < -0.3 is 9.47 Å². The highest BCUT2D eigenvalue weighted by Crippen LogP contribution is 2.54. The lowest BCUT2D eigenvalue weighted by Crippen LogP contribution is -2.11. The van der Waals surface area contributed by atoms with Gasteiger partial charge in [0.1, 0.15) is 0 Å². The molecule has 5 heteroatoms. The zero-order valence-electron chi connectivity index (χ0n) is 30.3. The average Bonchev–Trinajstić information content (AvgIpc) is 3.55. The summed E-state index contributed by atoms with van der Waals surface area (Å²) < 4.78 is 2.44. The molecule has 0 bridgehead atoms. The van der Waals surface area contributed by atoms with E-state index in [9.17, 15) is 0 Å². The second-order valence-corrected chi connectivity index (χ2v) is 14.0. The quantitative estimate of drug-likeness (QED) is 0.178. The van der Waals surface area contributed by atoms with Gasteiger partial charge in [0.15, 0.2) is 17.5 Å². The minimum atomic E-state index is 0.619. The van der Waals surface area contributed by atoms with E-state index in [4.69, 9.17) is 15.0 Å². The Morgan fingerprint density at radius 1 is 0.339 bits per heavy atom. The fourth-order valence-corrected chi connectivity index (χ4v) is 8.31. The first-order valence-electron chi connectivity index (χ1n) is 18.9. The van der Waals surface area contributed by atoms with Gasteiger partial charge in [-0.3, -0.25) is 0 Å². The molecule has 1 aliphatic rings. The smallest absolute Gasteiger partial charge is 0.164 e. The Morgan fingerprint density at radius 3 is 1.55 bits per heavy atom. The van der Waals surface area contributed by atoms with Gasteiger partial charge in [-0.2, -0.15) is 0 Å². The summed E-state index contributed by atoms with van der Waals surface area (Å²) in [5, 5.41) is 2.46. The van der Waals surface area contributed by atoms with E-state index in [-0.39, 0.29) is 0 Å². The van der Waals surface area contributed by atoms with Crippen molar-refractivity contribution in [2.75, 3.05) is 4.90 Å². The number of benzene rings is 8. The first-order valence-corrected chi connectivity index (χ1v) is 18.9. The Kier molecular flexibility index (Phi) is 7.42. The van der Waals surface area contributed by atoms with Crippen LogP contribution < -0.4 is 4.90 Å². The molecule has 0 amide bonds. The van der Waals surface area contributed by atoms with Gasteiger partial charge in [-0.25, -0.2) is 15.0 Å². The van der Waals surface area contributed by atoms with E-state index in [0.29, 0.717) is 17.5 Å². The monoisotopic (exact) mass is 715 g/mol. The summed E-state index contributed by atoms with van der Waals surface area (Å²) in [7, 11) is 0. The van der Waals surface area contributed by atoms with Crippen LogP contribution in [0.1, 0.15) is 0 Å². The Hall–Kier alpha value is -7.63. The van der Waals surface area contributed by atoms with Crippen LogP contribution in [0.5, 0.6) is 0 Å². The Labute approximate surface area is 324 Å². The highest BCUT2D eigenvalue weighted by atomic mass is 15.2. The van der Waals surface area contributed by atoms with E-state index >= 15 is 0 Å². The van der Waals surface area contributed by atoms with Crippen molar-refractivity contribution >= 4 is 38.9 Å². The second kappa shape index (κ2) is 13.0. The first-order chi connectivity index (χ1) is 27.8. The molecule has 10 aromatic rings. The van der Waals surface area contributed by atoms with Crippen molar-refractivity contribution in [3.63, 3.8) is 0 Å². The third-order valence-electron chi connectivity index (χ3n) is 10.8. The average molecular weight is 716 g/mol. The molecule has 0 aliphatic carbocycles. The summed E-state index contributed by atoms with van der Waals surface area (Å²) in [4.78, 5) is 17.5. The van der Waals surface area contributed by atoms with E-state index in [1.807, 2.05) is 60.7 Å². The normalized spacial score (nSPS) is 11.9. The van der Waals surface area contributed by atoms with Crippen LogP contribution in [0.2, 0.25) is 0 Å². The maximum absolute atomic E-state index is 5.08. The molecule has 0 fully saturated rings. The number of anilines is 3. The lowest BCUT2D eigenvalue weighted by molar-refractivity contribution is 1.07. The molecular formula is C51H33N5. The molecule has 1 aliphatic heterocycles. The number of hydrogen-bond acceptors (Lipinski definition) is 4. The van der Waals surface area contributed by atoms with E-state index in [2.05, 4.69) is 149 Å². The topological polar surface area (TPSA) is 46.8 Å². The molecule has 56 heavy (non-hydrogen) atoms. The summed E-state index contributed by atoms with van der Waals surface area (Å²) in [6.07, 6.45) is 0. The highest BCUT2D eigenvalue weighted by Gasteiger charge is 2.29. The fraction of sp³-hybridized carbons (Fsp3) is 0. The lowest BCUT2D eigenvalue weighted by atomic mass is 9.92. The number of aromatic nitrogens is 4. The highest BCUT2D eigenvalue weighted by molar-refractivity contribution is 6.19. The van der Waals surface area contributed by atoms with Gasteiger partial charge in [0.2, 0.25) is 0 Å². The second-order valence-electron chi connectivity index (χ2n) is 14.0. The lowest BCUT2D eigenvalue weighted by Gasteiger charge is -2.27. The molecule has 11 rings (SSSR count). The van der Waals surface area contributed by atoms with Crippen LogP contribution in [0.15, 0.2) is 200 Å². The molecule has 5 nitrogen and oxygen atoms in total. The van der Waals surface area contributed by atoms with Crippen LogP contribution in [-0.4, -0.2) is 19.5 Å². The summed E-state index contributed by atoms with van der Waals surface area (Å²) in [5.41, 5.74) is 14.2. The molecule has 0 saturated carbocycles. The molecular weight excluding hydrogens is 683 g/mol. The third-order valence-corrected chi connectivity index (χ3v) is 10.8. The summed E-state index contributed by atoms with van der Waals surface area (Å²) in [5.74, 6) is 1.89. The number of para-hydroxylation sites is 4. The maximum Gasteiger partial charge on any atom is 0.164 e. The van der Waals surface area contributed by atoms with Gasteiger partial charge in [0, 0.05) is 55.5 Å². The largest absolute Gasteiger partial charge is 0.309 e. The van der Waals surface area contributed by atoms with Gasteiger partial charge in [0.25, 0.3) is 0 Å². The minimum absolute atomic E-state index is 0.619. The molecule has 2 aromatic heterocycles. The molecule has 0 atom stereocenters. The number of nitrogens with zero attached hydrogens (tertiary/aromatic N) is 5. The van der Waals surface area contributed by atoms with Gasteiger partial charge in [-0.15, -0.1) is 0 Å². The SMILES string of the molecule is c1ccc(-c2nc(-c3ccccc3)nc(-c3cccc(N4c5ccccc5-c5ccc6c7ccccc7n(-c7ccccc7)c6c5-c5ccccc54)c3)n2)cc1.